The minimum atomic E-state index is -1.26. The van der Waals surface area contributed by atoms with Crippen molar-refractivity contribution in [2.45, 2.75) is 0 Å². The van der Waals surface area contributed by atoms with E-state index >= 15 is 0 Å². The summed E-state index contributed by atoms with van der Waals surface area (Å²) in [5, 5.41) is 0. The van der Waals surface area contributed by atoms with Gasteiger partial charge in [-0.1, -0.05) is 0 Å². The molecule has 0 aliphatic rings. The number of hydrogen-bond donors (Lipinski definition) is 0. The van der Waals surface area contributed by atoms with Crippen LogP contribution in [0.25, 0.3) is 3.95 Å². The third-order valence-corrected chi connectivity index (χ3v) is 0. The van der Waals surface area contributed by atoms with E-state index in [1.165, 1.54) is 0 Å². The summed E-state index contributed by atoms with van der Waals surface area (Å²) < 4.78 is 6.63. The molecule has 0 bridgehead atoms. The van der Waals surface area contributed by atoms with Crippen LogP contribution in [0, 0.1) is 4.93 Å². The Morgan fingerprint density at radius 1 is 1.50 bits per heavy atom. The second-order valence-electron chi connectivity index (χ2n) is 0.590. The Hall–Kier alpha value is 3.96. The molecule has 1 nitrogen and oxygen atoms in total. The van der Waals surface area contributed by atoms with Gasteiger partial charge in [-0.2, -0.15) is 0 Å². The number of halogens is 1. The summed E-state index contributed by atoms with van der Waals surface area (Å²) in [7, 11) is 0. The minimum Gasteiger partial charge on any atom is 1.00 e. The van der Waals surface area contributed by atoms with Gasteiger partial charge in [-0.3, -0.25) is 0 Å². The van der Waals surface area contributed by atoms with Gasteiger partial charge in [0.05, 0.1) is 0 Å². The van der Waals surface area contributed by atoms with Crippen molar-refractivity contribution < 1.29 is 103 Å². The van der Waals surface area contributed by atoms with E-state index in [0.717, 1.165) is 0 Å². The zero-order valence-electron chi connectivity index (χ0n) is 4.59. The fourth-order valence-electron chi connectivity index (χ4n) is 0. The Kier molecular flexibility index (Phi) is 32.3. The summed E-state index contributed by atoms with van der Waals surface area (Å²) in [4.78, 5) is 5.34. The van der Waals surface area contributed by atoms with E-state index in [1.807, 2.05) is 4.93 Å². The molecule has 0 rings (SSSR count). The Labute approximate surface area is 132 Å². The van der Waals surface area contributed by atoms with Crippen LogP contribution in [-0.4, -0.2) is 4.93 Å². The van der Waals surface area contributed by atoms with E-state index < -0.39 is 20.1 Å². The Balaban J connectivity index is -0.0000000450. The van der Waals surface area contributed by atoms with E-state index in [-0.39, 0.29) is 103 Å². The van der Waals surface area contributed by atoms with Gasteiger partial charge >= 0.3 is 137 Å². The van der Waals surface area contributed by atoms with Gasteiger partial charge in [0.2, 0.25) is 0 Å². The first kappa shape index (κ1) is 16.5. The molecule has 0 aromatic rings. The van der Waals surface area contributed by atoms with Crippen molar-refractivity contribution in [3.05, 3.63) is 8.88 Å². The molecule has 0 fully saturated rings. The van der Waals surface area contributed by atoms with Crippen LogP contribution in [0.1, 0.15) is 0 Å². The molecular formula is C2H6IK2N. The van der Waals surface area contributed by atoms with E-state index in [1.54, 1.807) is 0 Å². The minimum absolute atomic E-state index is 0. The molecule has 0 aliphatic carbocycles. The molecular weight excluding hydrogens is 243 g/mol. The predicted octanol–water partition coefficient (Wildman–Crippen LogP) is -4.11. The van der Waals surface area contributed by atoms with Crippen LogP contribution in [-0.2, 0) is 0 Å². The first-order valence-corrected chi connectivity index (χ1v) is 5.60. The van der Waals surface area contributed by atoms with E-state index in [9.17, 15) is 0 Å². The summed E-state index contributed by atoms with van der Waals surface area (Å²) in [6, 6.07) is 0. The van der Waals surface area contributed by atoms with E-state index in [4.69, 9.17) is 3.95 Å². The van der Waals surface area contributed by atoms with Crippen molar-refractivity contribution in [3.63, 3.8) is 0 Å². The normalized spacial score (nSPS) is 7.50. The summed E-state index contributed by atoms with van der Waals surface area (Å²) in [6.45, 7) is 0. The van der Waals surface area contributed by atoms with Crippen LogP contribution in [0.5, 0.6) is 0 Å². The van der Waals surface area contributed by atoms with Crippen molar-refractivity contribution in [3.8, 4) is 0 Å². The van der Waals surface area contributed by atoms with Gasteiger partial charge in [-0.05, 0) is 0 Å². The quantitative estimate of drug-likeness (QED) is 0.180. The van der Waals surface area contributed by atoms with Crippen LogP contribution in [0.3, 0.4) is 0 Å². The second-order valence-corrected chi connectivity index (χ2v) is 3.96. The maximum Gasteiger partial charge on any atom is 1.00 e. The molecule has 0 aliphatic heterocycles. The van der Waals surface area contributed by atoms with Gasteiger partial charge in [0, 0.05) is 0 Å². The maximum absolute atomic E-state index is 6.63. The summed E-state index contributed by atoms with van der Waals surface area (Å²) in [6.07, 6.45) is 0. The van der Waals surface area contributed by atoms with Gasteiger partial charge in [-0.15, -0.1) is 0 Å². The topological polar surface area (TPSA) is 23.8 Å². The number of hydrogen-bond acceptors (Lipinski definition) is 0. The predicted molar refractivity (Wildman–Crippen MR) is 29.6 cm³/mol. The van der Waals surface area contributed by atoms with Crippen LogP contribution in [0.2, 0.25) is 0 Å². The van der Waals surface area contributed by atoms with Crippen molar-refractivity contribution in [1.29, 1.82) is 0 Å². The SMILES string of the molecule is [CH2-]I(C)[NH-].[K+].[K+]. The molecule has 1 N–H and O–H groups in total. The standard InChI is InChI=1S/C2H6IN.2K/c1-3(2)4;;/h4H,1H2,2H3;;/q-2;2*+1. The number of nitrogens with one attached hydrogen (secondary N) is 1. The largest absolute Gasteiger partial charge is 1.00 e. The Morgan fingerprint density at radius 3 is 1.50 bits per heavy atom. The first-order valence-electron chi connectivity index (χ1n) is 0.834. The third kappa shape index (κ3) is 24.6. The van der Waals surface area contributed by atoms with Gasteiger partial charge in [-0.25, -0.2) is 0 Å². The van der Waals surface area contributed by atoms with Gasteiger partial charge < -0.3 is 0 Å². The zero-order valence-corrected chi connectivity index (χ0v) is 13.0. The molecule has 0 atom stereocenters. The smallest absolute Gasteiger partial charge is 1.00 e. The molecule has 4 heteroatoms. The van der Waals surface area contributed by atoms with Gasteiger partial charge in [0.1, 0.15) is 0 Å². The number of rotatable bonds is 0. The third-order valence-electron chi connectivity index (χ3n) is 0. The summed E-state index contributed by atoms with van der Waals surface area (Å²) in [5.41, 5.74) is 0. The molecule has 0 heterocycles. The van der Waals surface area contributed by atoms with Gasteiger partial charge in [0.25, 0.3) is 0 Å². The average Bonchev–Trinajstić information content (AvgIpc) is 0.811. The molecule has 0 spiro atoms. The van der Waals surface area contributed by atoms with Crippen LogP contribution >= 0.6 is 20.1 Å². The maximum atomic E-state index is 6.63. The monoisotopic (exact) mass is 249 g/mol. The van der Waals surface area contributed by atoms with Crippen molar-refractivity contribution in [1.82, 2.24) is 0 Å². The molecule has 0 aromatic carbocycles. The van der Waals surface area contributed by atoms with Crippen LogP contribution < -0.4 is 103 Å². The van der Waals surface area contributed by atoms with E-state index in [2.05, 4.69) is 4.93 Å². The van der Waals surface area contributed by atoms with Crippen molar-refractivity contribution in [2.24, 2.45) is 0 Å². The van der Waals surface area contributed by atoms with Gasteiger partial charge in [0.15, 0.2) is 0 Å². The van der Waals surface area contributed by atoms with Crippen LogP contribution in [0.15, 0.2) is 0 Å². The average molecular weight is 249 g/mol. The van der Waals surface area contributed by atoms with E-state index in [0.29, 0.717) is 0 Å². The summed E-state index contributed by atoms with van der Waals surface area (Å²) in [5.74, 6) is 0. The Morgan fingerprint density at radius 2 is 1.50 bits per heavy atom. The fourth-order valence-corrected chi connectivity index (χ4v) is 0. The summed E-state index contributed by atoms with van der Waals surface area (Å²) >= 11 is -1.26. The van der Waals surface area contributed by atoms with Crippen molar-refractivity contribution >= 4 is 20.1 Å². The molecule has 0 unspecified atom stereocenters. The molecule has 0 saturated carbocycles. The molecule has 0 radical (unpaired) electrons. The molecule has 28 valence electrons. The molecule has 6 heavy (non-hydrogen) atoms. The molecule has 0 saturated heterocycles. The second kappa shape index (κ2) is 11.7. The first-order chi connectivity index (χ1) is 1.73. The Bertz CT molecular complexity index is 16.3. The fraction of sp³-hybridized carbons (Fsp3) is 0.500. The molecule has 0 aromatic heterocycles. The van der Waals surface area contributed by atoms with Crippen molar-refractivity contribution in [2.75, 3.05) is 4.93 Å². The number of alkyl halides is 1. The zero-order chi connectivity index (χ0) is 3.58. The molecule has 0 amide bonds. The van der Waals surface area contributed by atoms with Crippen LogP contribution in [0.4, 0.5) is 0 Å².